The van der Waals surface area contributed by atoms with Crippen LogP contribution in [0.15, 0.2) is 182 Å². The van der Waals surface area contributed by atoms with Crippen LogP contribution in [0.25, 0.3) is 44.1 Å². The van der Waals surface area contributed by atoms with Gasteiger partial charge in [0.05, 0.1) is 36.6 Å². The Balaban J connectivity index is 0.000000220. The molecule has 2 aliphatic carbocycles. The number of halogens is 1. The molecule has 3 heterocycles. The zero-order chi connectivity index (χ0) is 62.0. The third kappa shape index (κ3) is 17.4. The molecule has 1 unspecified atom stereocenters. The van der Waals surface area contributed by atoms with Gasteiger partial charge in [0.15, 0.2) is 6.23 Å². The molecule has 3 N–H and O–H groups in total. The average Bonchev–Trinajstić information content (AvgIpc) is 1.25. The van der Waals surface area contributed by atoms with Crippen LogP contribution in [0.1, 0.15) is 137 Å². The van der Waals surface area contributed by atoms with Crippen molar-refractivity contribution < 1.29 is 33.3 Å². The Morgan fingerprint density at radius 3 is 1.72 bits per heavy atom. The van der Waals surface area contributed by atoms with Gasteiger partial charge in [-0.2, -0.15) is 10.2 Å². The van der Waals surface area contributed by atoms with Crippen molar-refractivity contribution >= 4 is 74.4 Å². The first-order valence-corrected chi connectivity index (χ1v) is 31.8. The molecule has 15 heteroatoms. The van der Waals surface area contributed by atoms with E-state index in [9.17, 15) is 14.4 Å². The van der Waals surface area contributed by atoms with Crippen molar-refractivity contribution in [2.24, 2.45) is 11.8 Å². The topological polar surface area (TPSA) is 162 Å². The molecule has 0 spiro atoms. The molecule has 3 aliphatic rings. The number of H-pyrrole nitrogens is 1. The van der Waals surface area contributed by atoms with Gasteiger partial charge >= 0.3 is 6.09 Å². The highest BCUT2D eigenvalue weighted by molar-refractivity contribution is 6.03. The maximum Gasteiger partial charge on any atom is 0.410 e. The summed E-state index contributed by atoms with van der Waals surface area (Å²) in [6.07, 6.45) is 23.2. The largest absolute Gasteiger partial charge is 0.494 e. The highest BCUT2D eigenvalue weighted by atomic mass is 35.5. The quantitative estimate of drug-likeness (QED) is 0.0321. The van der Waals surface area contributed by atoms with Gasteiger partial charge in [-0.25, -0.2) is 9.48 Å². The van der Waals surface area contributed by atoms with E-state index < -0.39 is 11.7 Å². The molecule has 90 heavy (non-hydrogen) atoms. The van der Waals surface area contributed by atoms with E-state index in [2.05, 4.69) is 154 Å². The van der Waals surface area contributed by atoms with Gasteiger partial charge in [-0.3, -0.25) is 14.7 Å². The molecule has 0 radical (unpaired) electrons. The minimum absolute atomic E-state index is 0. The zero-order valence-electron chi connectivity index (χ0n) is 52.6. The van der Waals surface area contributed by atoms with Crippen LogP contribution in [-0.2, 0) is 19.1 Å². The van der Waals surface area contributed by atoms with Crippen molar-refractivity contribution in [1.29, 1.82) is 0 Å². The Kier molecular flexibility index (Phi) is 23.5. The van der Waals surface area contributed by atoms with Gasteiger partial charge in [-0.15, -0.1) is 12.4 Å². The van der Waals surface area contributed by atoms with E-state index in [1.165, 1.54) is 94.0 Å². The Hall–Kier alpha value is -8.72. The van der Waals surface area contributed by atoms with Crippen LogP contribution < -0.4 is 20.1 Å². The first kappa shape index (κ1) is 65.7. The number of nitrogens with one attached hydrogen (secondary N) is 3. The number of hydrogen-bond acceptors (Lipinski definition) is 9. The second kappa shape index (κ2) is 32.1. The Morgan fingerprint density at radius 1 is 0.622 bits per heavy atom. The molecule has 11 rings (SSSR count). The number of nitrogens with zero attached hydrogens (tertiary/aromatic N) is 4. The summed E-state index contributed by atoms with van der Waals surface area (Å²) in [6, 6.07) is 51.7. The second-order valence-corrected chi connectivity index (χ2v) is 24.1. The van der Waals surface area contributed by atoms with E-state index in [-0.39, 0.29) is 43.6 Å². The van der Waals surface area contributed by atoms with Crippen LogP contribution in [0.2, 0.25) is 0 Å². The molecule has 0 bridgehead atoms. The lowest BCUT2D eigenvalue weighted by Gasteiger charge is -2.31. The van der Waals surface area contributed by atoms with Gasteiger partial charge < -0.3 is 34.5 Å². The number of benzene rings is 6. The van der Waals surface area contributed by atoms with Crippen LogP contribution in [0, 0.1) is 11.8 Å². The van der Waals surface area contributed by atoms with Crippen molar-refractivity contribution in [2.75, 3.05) is 47.0 Å². The first-order valence-electron chi connectivity index (χ1n) is 31.8. The summed E-state index contributed by atoms with van der Waals surface area (Å²) in [6.45, 7) is 7.69. The molecule has 2 saturated carbocycles. The number of unbranched alkanes of at least 4 members (excludes halogenated alkanes) is 2. The maximum atomic E-state index is 12.9. The molecule has 3 amide bonds. The summed E-state index contributed by atoms with van der Waals surface area (Å²) < 4.78 is 25.9. The summed E-state index contributed by atoms with van der Waals surface area (Å²) in [5.74, 6) is 2.32. The minimum atomic E-state index is -0.644. The lowest BCUT2D eigenvalue weighted by molar-refractivity contribution is -0.116. The fourth-order valence-corrected chi connectivity index (χ4v) is 11.7. The molecule has 2 aromatic heterocycles. The number of carbonyl (C=O) groups is 3. The normalized spacial score (nSPS) is 15.8. The SMILES string of the molecule is CNC(=O)/C=C/CCCCOc1ccc(/C(=C(\c2ccccc2)C2CCC2)c2ccc3[nH]ncc3c2)cc1.CNC(=O)/C=C/CN(CCOc1ccc(/C(=C(\c2ccccc2)C2CCC2)c2ccc3c(cnn3C3CCCCO3)c2)cc1)C(=O)OC(C)(C)C.Cl. The van der Waals surface area contributed by atoms with Gasteiger partial charge in [-0.1, -0.05) is 122 Å². The van der Waals surface area contributed by atoms with Gasteiger partial charge in [0.1, 0.15) is 23.7 Å². The maximum absolute atomic E-state index is 12.9. The third-order valence-corrected chi connectivity index (χ3v) is 16.7. The molecule has 3 fully saturated rings. The van der Waals surface area contributed by atoms with Crippen molar-refractivity contribution in [3.05, 3.63) is 216 Å². The van der Waals surface area contributed by atoms with Gasteiger partial charge in [0.2, 0.25) is 11.8 Å². The fraction of sp³-hybridized carbons (Fsp3) is 0.347. The predicted octanol–water partition coefficient (Wildman–Crippen LogP) is 16.0. The van der Waals surface area contributed by atoms with Gasteiger partial charge in [-0.05, 0) is 207 Å². The number of allylic oxidation sites excluding steroid dienone is 3. The standard InChI is InChI=1S/C42H50N4O5.C33H35N3O2.ClH/c1-42(2,3)51-41(48)45(24-11-16-37(47)43-4)25-27-49-35-21-18-32(19-22-35)40(39(31-14-10-15-31)30-12-6-5-7-13-30)33-20-23-36-34(28-33)29-44-46(36)38-17-8-9-26-50-38;1-34-31(37)14-7-2-3-8-21-38-29-18-15-26(16-19-29)33(27-17-20-30-28(22-27)23-35-36-30)32(25-12-9-13-25)24-10-5-4-6-11-24;/h5-7,11-13,16,18-23,28-29,31,38H,8-10,14-15,17,24-27H2,1-4H3,(H,43,47);4-7,10-11,14-20,22-23,25H,2-3,8-9,12-13,21H2,1H3,(H,34,37)(H,35,36);1H/b16-11+,40-39-;14-7+,33-32-;. The number of amides is 3. The minimum Gasteiger partial charge on any atom is -0.494 e. The molecule has 1 atom stereocenters. The van der Waals surface area contributed by atoms with Crippen molar-refractivity contribution in [1.82, 2.24) is 35.5 Å². The number of carbonyl (C=O) groups excluding carboxylic acids is 3. The molecular weight excluding hydrogens is 1150 g/mol. The fourth-order valence-electron chi connectivity index (χ4n) is 11.7. The van der Waals surface area contributed by atoms with Crippen molar-refractivity contribution in [2.45, 2.75) is 110 Å². The number of hydrogen-bond donors (Lipinski definition) is 3. The molecule has 1 saturated heterocycles. The Bertz CT molecular complexity index is 3760. The van der Waals surface area contributed by atoms with E-state index in [0.717, 1.165) is 83.8 Å². The van der Waals surface area contributed by atoms with E-state index in [0.29, 0.717) is 30.7 Å². The lowest BCUT2D eigenvalue weighted by Crippen LogP contribution is -2.39. The van der Waals surface area contributed by atoms with Crippen LogP contribution in [0.5, 0.6) is 11.5 Å². The predicted molar refractivity (Wildman–Crippen MR) is 363 cm³/mol. The molecular formula is C75H86ClN7O7. The van der Waals surface area contributed by atoms with E-state index in [1.54, 1.807) is 26.2 Å². The summed E-state index contributed by atoms with van der Waals surface area (Å²) >= 11 is 0. The lowest BCUT2D eigenvalue weighted by atomic mass is 9.73. The molecule has 470 valence electrons. The number of aromatic amines is 1. The number of rotatable bonds is 23. The van der Waals surface area contributed by atoms with Crippen LogP contribution in [-0.4, -0.2) is 95.4 Å². The van der Waals surface area contributed by atoms with E-state index >= 15 is 0 Å². The highest BCUT2D eigenvalue weighted by Gasteiger charge is 2.30. The van der Waals surface area contributed by atoms with Crippen LogP contribution >= 0.6 is 12.4 Å². The van der Waals surface area contributed by atoms with Gasteiger partial charge in [0.25, 0.3) is 0 Å². The number of likely N-dealkylation sites (N-methyl/N-ethyl adjacent to an activating group) is 2. The van der Waals surface area contributed by atoms with Gasteiger partial charge in [0, 0.05) is 44.1 Å². The molecule has 1 aliphatic heterocycles. The Morgan fingerprint density at radius 2 is 1.18 bits per heavy atom. The number of ether oxygens (including phenoxy) is 4. The third-order valence-electron chi connectivity index (χ3n) is 16.7. The molecule has 6 aromatic carbocycles. The number of aromatic nitrogens is 4. The molecule has 8 aromatic rings. The smallest absolute Gasteiger partial charge is 0.410 e. The average molecular weight is 1230 g/mol. The van der Waals surface area contributed by atoms with E-state index in [1.807, 2.05) is 56.1 Å². The monoisotopic (exact) mass is 1230 g/mol. The second-order valence-electron chi connectivity index (χ2n) is 24.1. The number of fused-ring (bicyclic) bond motifs is 2. The van der Waals surface area contributed by atoms with Crippen LogP contribution in [0.3, 0.4) is 0 Å². The summed E-state index contributed by atoms with van der Waals surface area (Å²) in [7, 11) is 3.20. The first-order chi connectivity index (χ1) is 43.4. The summed E-state index contributed by atoms with van der Waals surface area (Å²) in [5, 5.41) is 19.4. The van der Waals surface area contributed by atoms with E-state index in [4.69, 9.17) is 24.0 Å². The highest BCUT2D eigenvalue weighted by Crippen LogP contribution is 2.47. The summed E-state index contributed by atoms with van der Waals surface area (Å²) in [5.41, 5.74) is 14.0. The molecule has 14 nitrogen and oxygen atoms in total. The summed E-state index contributed by atoms with van der Waals surface area (Å²) in [4.78, 5) is 37.4. The van der Waals surface area contributed by atoms with Crippen molar-refractivity contribution in [3.63, 3.8) is 0 Å². The zero-order valence-corrected chi connectivity index (χ0v) is 53.4. The Labute approximate surface area is 536 Å². The van der Waals surface area contributed by atoms with Crippen molar-refractivity contribution in [3.8, 4) is 11.5 Å². The van der Waals surface area contributed by atoms with Crippen LogP contribution in [0.4, 0.5) is 4.79 Å².